The van der Waals surface area contributed by atoms with Gasteiger partial charge >= 0.3 is 0 Å². The van der Waals surface area contributed by atoms with Gasteiger partial charge in [-0.3, -0.25) is 0 Å². The van der Waals surface area contributed by atoms with Gasteiger partial charge in [0, 0.05) is 13.0 Å². The Hall–Kier alpha value is -0.590. The summed E-state index contributed by atoms with van der Waals surface area (Å²) in [5.74, 6) is 0. The lowest BCUT2D eigenvalue weighted by Gasteiger charge is -1.87. The topological polar surface area (TPSA) is 56.0 Å². The lowest BCUT2D eigenvalue weighted by atomic mass is 10.3. The van der Waals surface area contributed by atoms with Crippen molar-refractivity contribution in [3.63, 3.8) is 0 Å². The molecule has 7 heavy (non-hydrogen) atoms. The first-order valence-corrected chi connectivity index (χ1v) is 2.15. The Morgan fingerprint density at radius 1 is 1.71 bits per heavy atom. The molecule has 3 heteroatoms. The molecule has 0 amide bonds. The average molecular weight is 100 g/mol. The van der Waals surface area contributed by atoms with Crippen LogP contribution >= 0.6 is 0 Å². The van der Waals surface area contributed by atoms with Gasteiger partial charge in [-0.1, -0.05) is 0 Å². The number of rotatable bonds is 3. The van der Waals surface area contributed by atoms with Gasteiger partial charge in [0.2, 0.25) is 0 Å². The largest absolute Gasteiger partial charge is 0.317 e. The number of hydrogen-bond acceptors (Lipinski definition) is 3. The first-order valence-electron chi connectivity index (χ1n) is 2.15. The molecule has 0 saturated heterocycles. The van der Waals surface area contributed by atoms with Crippen molar-refractivity contribution in [1.29, 1.82) is 5.26 Å². The van der Waals surface area contributed by atoms with Crippen LogP contribution in [0, 0.1) is 11.3 Å². The van der Waals surface area contributed by atoms with Crippen molar-refractivity contribution in [2.24, 2.45) is 0 Å². The van der Waals surface area contributed by atoms with Gasteiger partial charge in [0.15, 0.2) is 0 Å². The number of nitrogens with zero attached hydrogens (tertiary/aromatic N) is 1. The Kier molecular flexibility index (Phi) is 4.95. The van der Waals surface area contributed by atoms with Gasteiger partial charge in [-0.15, -0.1) is 0 Å². The van der Waals surface area contributed by atoms with Crippen molar-refractivity contribution in [2.75, 3.05) is 6.54 Å². The van der Waals surface area contributed by atoms with Gasteiger partial charge in [0.05, 0.1) is 6.07 Å². The Labute approximate surface area is 42.5 Å². The van der Waals surface area contributed by atoms with E-state index in [2.05, 4.69) is 0 Å². The van der Waals surface area contributed by atoms with Gasteiger partial charge in [0.25, 0.3) is 0 Å². The predicted molar refractivity (Wildman–Crippen MR) is 24.6 cm³/mol. The highest BCUT2D eigenvalue weighted by atomic mass is 16.5. The molecular weight excluding hydrogens is 92.1 g/mol. The van der Waals surface area contributed by atoms with Crippen LogP contribution in [-0.4, -0.2) is 11.8 Å². The number of hydroxylamine groups is 1. The number of nitriles is 1. The second-order valence-electron chi connectivity index (χ2n) is 1.17. The zero-order valence-corrected chi connectivity index (χ0v) is 4.02. The van der Waals surface area contributed by atoms with E-state index in [-0.39, 0.29) is 0 Å². The van der Waals surface area contributed by atoms with E-state index in [1.807, 2.05) is 11.5 Å². The molecule has 0 aliphatic rings. The summed E-state index contributed by atoms with van der Waals surface area (Å²) in [6.07, 6.45) is 1.22. The van der Waals surface area contributed by atoms with E-state index in [1.165, 1.54) is 0 Å². The van der Waals surface area contributed by atoms with E-state index >= 15 is 0 Å². The zero-order chi connectivity index (χ0) is 5.54. The minimum Gasteiger partial charge on any atom is -0.317 e. The Bertz CT molecular complexity index is 66.6. The van der Waals surface area contributed by atoms with Crippen molar-refractivity contribution in [2.45, 2.75) is 12.8 Å². The molecule has 0 bridgehead atoms. The summed E-state index contributed by atoms with van der Waals surface area (Å²) in [5.41, 5.74) is 1.95. The summed E-state index contributed by atoms with van der Waals surface area (Å²) in [5, 5.41) is 15.9. The van der Waals surface area contributed by atoms with E-state index < -0.39 is 0 Å². The minimum atomic E-state index is 0.508. The minimum absolute atomic E-state index is 0.508. The molecule has 40 valence electrons. The summed E-state index contributed by atoms with van der Waals surface area (Å²) >= 11 is 0. The molecule has 0 fully saturated rings. The molecular formula is C4H8N2O. The monoisotopic (exact) mass is 100 g/mol. The van der Waals surface area contributed by atoms with Gasteiger partial charge < -0.3 is 5.21 Å². The van der Waals surface area contributed by atoms with Gasteiger partial charge in [0.1, 0.15) is 0 Å². The van der Waals surface area contributed by atoms with Crippen LogP contribution in [0.1, 0.15) is 12.8 Å². The first kappa shape index (κ1) is 6.41. The molecule has 0 radical (unpaired) electrons. The summed E-state index contributed by atoms with van der Waals surface area (Å²) in [7, 11) is 0. The highest BCUT2D eigenvalue weighted by Crippen LogP contribution is 1.79. The quantitative estimate of drug-likeness (QED) is 0.395. The normalized spacial score (nSPS) is 8.00. The Balaban J connectivity index is 2.60. The molecule has 0 spiro atoms. The van der Waals surface area contributed by atoms with Gasteiger partial charge in [-0.2, -0.15) is 5.26 Å². The number of hydrogen-bond donors (Lipinski definition) is 2. The van der Waals surface area contributed by atoms with Crippen LogP contribution in [0.3, 0.4) is 0 Å². The second-order valence-corrected chi connectivity index (χ2v) is 1.17. The maximum absolute atomic E-state index is 7.93. The molecule has 0 aliphatic heterocycles. The fourth-order valence-corrected chi connectivity index (χ4v) is 0.247. The summed E-state index contributed by atoms with van der Waals surface area (Å²) in [6.45, 7) is 0.508. The Morgan fingerprint density at radius 3 is 2.86 bits per heavy atom. The molecule has 0 atom stereocenters. The third kappa shape index (κ3) is 5.41. The predicted octanol–water partition coefficient (Wildman–Crippen LogP) is 0.269. The third-order valence-electron chi connectivity index (χ3n) is 0.577. The fraction of sp³-hybridized carbons (Fsp3) is 0.750. The molecule has 0 heterocycles. The molecule has 0 unspecified atom stereocenters. The highest BCUT2D eigenvalue weighted by Gasteiger charge is 1.79. The van der Waals surface area contributed by atoms with Crippen molar-refractivity contribution in [3.05, 3.63) is 0 Å². The molecule has 2 N–H and O–H groups in total. The summed E-state index contributed by atoms with van der Waals surface area (Å²) in [4.78, 5) is 0. The van der Waals surface area contributed by atoms with Crippen LogP contribution < -0.4 is 5.48 Å². The van der Waals surface area contributed by atoms with E-state index in [9.17, 15) is 0 Å². The van der Waals surface area contributed by atoms with Crippen molar-refractivity contribution in [3.8, 4) is 6.07 Å². The van der Waals surface area contributed by atoms with E-state index in [0.717, 1.165) is 0 Å². The molecule has 0 aromatic carbocycles. The molecule has 0 aromatic heterocycles. The first-order chi connectivity index (χ1) is 3.41. The van der Waals surface area contributed by atoms with Crippen molar-refractivity contribution >= 4 is 0 Å². The summed E-state index contributed by atoms with van der Waals surface area (Å²) < 4.78 is 0. The van der Waals surface area contributed by atoms with Crippen LogP contribution in [0.5, 0.6) is 0 Å². The van der Waals surface area contributed by atoms with Gasteiger partial charge in [-0.25, -0.2) is 5.48 Å². The van der Waals surface area contributed by atoms with E-state index in [0.29, 0.717) is 19.4 Å². The highest BCUT2D eigenvalue weighted by molar-refractivity contribution is 4.67. The fourth-order valence-electron chi connectivity index (χ4n) is 0.247. The van der Waals surface area contributed by atoms with Crippen LogP contribution in [-0.2, 0) is 0 Å². The third-order valence-corrected chi connectivity index (χ3v) is 0.577. The van der Waals surface area contributed by atoms with Crippen LogP contribution in [0.2, 0.25) is 0 Å². The average Bonchev–Trinajstić information content (AvgIpc) is 1.69. The smallest absolute Gasteiger partial charge is 0.0622 e. The second kappa shape index (κ2) is 5.41. The van der Waals surface area contributed by atoms with Crippen LogP contribution in [0.4, 0.5) is 0 Å². The zero-order valence-electron chi connectivity index (χ0n) is 4.02. The van der Waals surface area contributed by atoms with Crippen molar-refractivity contribution in [1.82, 2.24) is 5.48 Å². The van der Waals surface area contributed by atoms with E-state index in [1.54, 1.807) is 0 Å². The lowest BCUT2D eigenvalue weighted by Crippen LogP contribution is -2.07. The van der Waals surface area contributed by atoms with Crippen LogP contribution in [0.25, 0.3) is 0 Å². The maximum Gasteiger partial charge on any atom is 0.0622 e. The van der Waals surface area contributed by atoms with Crippen molar-refractivity contribution < 1.29 is 5.21 Å². The molecule has 0 aliphatic carbocycles. The van der Waals surface area contributed by atoms with Gasteiger partial charge in [-0.05, 0) is 6.42 Å². The summed E-state index contributed by atoms with van der Waals surface area (Å²) in [6, 6.07) is 1.95. The number of unbranched alkanes of at least 4 members (excludes halogenated alkanes) is 1. The van der Waals surface area contributed by atoms with Crippen LogP contribution in [0.15, 0.2) is 0 Å². The molecule has 0 saturated carbocycles. The molecule has 0 rings (SSSR count). The van der Waals surface area contributed by atoms with E-state index in [4.69, 9.17) is 10.5 Å². The standard InChI is InChI=1S/C4H8N2O/c5-3-1-2-4-6-7/h6-7H,1-2,4H2. The molecule has 3 nitrogen and oxygen atoms in total. The Morgan fingerprint density at radius 2 is 2.43 bits per heavy atom. The SMILES string of the molecule is N#CCCCNO. The maximum atomic E-state index is 7.93. The number of nitrogens with one attached hydrogen (secondary N) is 1. The molecule has 0 aromatic rings. The lowest BCUT2D eigenvalue weighted by molar-refractivity contribution is 0.166.